The minimum absolute atomic E-state index is 0.0261. The molecule has 1 amide bonds. The number of nitrogens with one attached hydrogen (secondary N) is 2. The van der Waals surface area contributed by atoms with Crippen molar-refractivity contribution < 1.29 is 9.53 Å². The second kappa shape index (κ2) is 12.2. The van der Waals surface area contributed by atoms with Crippen LogP contribution in [0.1, 0.15) is 16.7 Å². The number of carbonyl (C=O) groups is 1. The molecule has 0 atom stereocenters. The van der Waals surface area contributed by atoms with Gasteiger partial charge in [-0.05, 0) is 92.5 Å². The number of ether oxygens (including phenoxy) is 1. The zero-order valence-electron chi connectivity index (χ0n) is 18.7. The summed E-state index contributed by atoms with van der Waals surface area (Å²) in [7, 11) is 0. The monoisotopic (exact) mass is 693 g/mol. The van der Waals surface area contributed by atoms with Crippen LogP contribution in [0.15, 0.2) is 70.8 Å². The van der Waals surface area contributed by atoms with Gasteiger partial charge in [-0.25, -0.2) is 0 Å². The fraction of sp³-hybridized carbons (Fsp3) is 0.111. The summed E-state index contributed by atoms with van der Waals surface area (Å²) < 4.78 is 7.49. The standard InChI is InChI=1S/C27H19BrCl2IN3O2/c28-22-10-16(11-24(31)26(22)36-15-18-5-6-20(29)12-23(18)30)9-19(13-32)27(35)33-8-7-17-14-34-25-4-2-1-3-21(17)25/h1-6,9-12,14,34H,7-8,15H2,(H,33,35)/b19-9-. The number of amides is 1. The first-order valence-corrected chi connectivity index (χ1v) is 13.5. The fourth-order valence-electron chi connectivity index (χ4n) is 3.65. The van der Waals surface area contributed by atoms with Crippen LogP contribution >= 0.6 is 61.7 Å². The topological polar surface area (TPSA) is 77.9 Å². The average molecular weight is 695 g/mol. The van der Waals surface area contributed by atoms with Crippen LogP contribution in [-0.2, 0) is 17.8 Å². The number of nitrogens with zero attached hydrogens (tertiary/aromatic N) is 1. The van der Waals surface area contributed by atoms with Crippen molar-refractivity contribution in [3.63, 3.8) is 0 Å². The van der Waals surface area contributed by atoms with Crippen LogP contribution < -0.4 is 10.1 Å². The van der Waals surface area contributed by atoms with Crippen molar-refractivity contribution in [2.24, 2.45) is 0 Å². The highest BCUT2D eigenvalue weighted by molar-refractivity contribution is 14.1. The highest BCUT2D eigenvalue weighted by atomic mass is 127. The average Bonchev–Trinajstić information content (AvgIpc) is 3.26. The van der Waals surface area contributed by atoms with Crippen molar-refractivity contribution in [3.8, 4) is 11.8 Å². The number of halogens is 4. The van der Waals surface area contributed by atoms with E-state index in [9.17, 15) is 10.1 Å². The van der Waals surface area contributed by atoms with Crippen LogP contribution in [0.3, 0.4) is 0 Å². The highest BCUT2D eigenvalue weighted by Crippen LogP contribution is 2.34. The number of para-hydroxylation sites is 1. The summed E-state index contributed by atoms with van der Waals surface area (Å²) >= 11 is 17.9. The van der Waals surface area contributed by atoms with Crippen LogP contribution in [0.4, 0.5) is 0 Å². The van der Waals surface area contributed by atoms with Crippen molar-refractivity contribution >= 4 is 84.6 Å². The summed E-state index contributed by atoms with van der Waals surface area (Å²) in [5.74, 6) is 0.224. The van der Waals surface area contributed by atoms with E-state index in [2.05, 4.69) is 48.8 Å². The lowest BCUT2D eigenvalue weighted by Gasteiger charge is -2.13. The van der Waals surface area contributed by atoms with E-state index < -0.39 is 5.91 Å². The molecular weight excluding hydrogens is 676 g/mol. The van der Waals surface area contributed by atoms with Crippen molar-refractivity contribution in [2.75, 3.05) is 6.54 Å². The lowest BCUT2D eigenvalue weighted by Crippen LogP contribution is -2.26. The molecule has 0 spiro atoms. The molecule has 9 heteroatoms. The maximum absolute atomic E-state index is 12.7. The van der Waals surface area contributed by atoms with E-state index in [1.807, 2.05) is 48.7 Å². The molecule has 3 aromatic carbocycles. The summed E-state index contributed by atoms with van der Waals surface area (Å²) in [5.41, 5.74) is 3.70. The molecule has 0 bridgehead atoms. The second-order valence-corrected chi connectivity index (χ2v) is 10.7. The molecule has 0 fully saturated rings. The van der Waals surface area contributed by atoms with Crippen molar-refractivity contribution in [2.45, 2.75) is 13.0 Å². The number of hydrogen-bond acceptors (Lipinski definition) is 3. The van der Waals surface area contributed by atoms with E-state index >= 15 is 0 Å². The van der Waals surface area contributed by atoms with Gasteiger partial charge in [0.1, 0.15) is 24.0 Å². The second-order valence-electron chi connectivity index (χ2n) is 7.87. The molecule has 0 aliphatic rings. The van der Waals surface area contributed by atoms with E-state index in [0.29, 0.717) is 38.8 Å². The zero-order valence-corrected chi connectivity index (χ0v) is 24.0. The highest BCUT2D eigenvalue weighted by Gasteiger charge is 2.13. The molecule has 0 unspecified atom stereocenters. The summed E-state index contributed by atoms with van der Waals surface area (Å²) in [5, 5.41) is 14.6. The van der Waals surface area contributed by atoms with E-state index in [-0.39, 0.29) is 12.2 Å². The Balaban J connectivity index is 1.41. The number of fused-ring (bicyclic) bond motifs is 1. The Kier molecular flexibility index (Phi) is 8.96. The van der Waals surface area contributed by atoms with Crippen LogP contribution in [0.25, 0.3) is 17.0 Å². The van der Waals surface area contributed by atoms with E-state index in [4.69, 9.17) is 27.9 Å². The molecule has 1 aromatic heterocycles. The summed E-state index contributed by atoms with van der Waals surface area (Å²) in [6.07, 6.45) is 4.16. The van der Waals surface area contributed by atoms with Gasteiger partial charge >= 0.3 is 0 Å². The summed E-state index contributed by atoms with van der Waals surface area (Å²) in [6.45, 7) is 0.684. The number of H-pyrrole nitrogens is 1. The van der Waals surface area contributed by atoms with Gasteiger partial charge in [-0.3, -0.25) is 4.79 Å². The Labute approximate surface area is 240 Å². The predicted octanol–water partition coefficient (Wildman–Crippen LogP) is 7.69. The Morgan fingerprint density at radius 1 is 1.17 bits per heavy atom. The van der Waals surface area contributed by atoms with Crippen LogP contribution in [0.5, 0.6) is 5.75 Å². The van der Waals surface area contributed by atoms with Gasteiger partial charge in [-0.1, -0.05) is 47.5 Å². The molecule has 1 heterocycles. The van der Waals surface area contributed by atoms with Gasteiger partial charge in [0.25, 0.3) is 5.91 Å². The molecule has 5 nitrogen and oxygen atoms in total. The van der Waals surface area contributed by atoms with Crippen molar-refractivity contribution in [1.82, 2.24) is 10.3 Å². The normalized spacial score (nSPS) is 11.4. The third kappa shape index (κ3) is 6.43. The molecule has 0 radical (unpaired) electrons. The Morgan fingerprint density at radius 3 is 2.72 bits per heavy atom. The molecule has 4 aromatic rings. The van der Waals surface area contributed by atoms with Gasteiger partial charge in [0, 0.05) is 39.3 Å². The van der Waals surface area contributed by atoms with Gasteiger partial charge in [-0.2, -0.15) is 5.26 Å². The molecule has 4 rings (SSSR count). The van der Waals surface area contributed by atoms with Gasteiger partial charge in [0.2, 0.25) is 0 Å². The first-order chi connectivity index (χ1) is 17.4. The Hall–Kier alpha value is -2.51. The predicted molar refractivity (Wildman–Crippen MR) is 156 cm³/mol. The largest absolute Gasteiger partial charge is 0.487 e. The first kappa shape index (κ1) is 26.6. The third-order valence-electron chi connectivity index (χ3n) is 5.44. The lowest BCUT2D eigenvalue weighted by atomic mass is 10.1. The van der Waals surface area contributed by atoms with Gasteiger partial charge in [0.05, 0.1) is 8.04 Å². The fourth-order valence-corrected chi connectivity index (χ4v) is 5.88. The van der Waals surface area contributed by atoms with Crippen LogP contribution in [-0.4, -0.2) is 17.4 Å². The number of hydrogen-bond donors (Lipinski definition) is 2. The quantitative estimate of drug-likeness (QED) is 0.113. The van der Waals surface area contributed by atoms with E-state index in [0.717, 1.165) is 25.6 Å². The van der Waals surface area contributed by atoms with E-state index in [1.165, 1.54) is 0 Å². The third-order valence-corrected chi connectivity index (χ3v) is 7.42. The smallest absolute Gasteiger partial charge is 0.261 e. The van der Waals surface area contributed by atoms with E-state index in [1.54, 1.807) is 24.3 Å². The van der Waals surface area contributed by atoms with Gasteiger partial charge in [0.15, 0.2) is 0 Å². The number of aromatic amines is 1. The molecule has 2 N–H and O–H groups in total. The zero-order chi connectivity index (χ0) is 25.7. The number of aromatic nitrogens is 1. The number of benzene rings is 3. The molecule has 36 heavy (non-hydrogen) atoms. The van der Waals surface area contributed by atoms with Crippen LogP contribution in [0, 0.1) is 14.9 Å². The molecule has 0 saturated carbocycles. The maximum atomic E-state index is 12.7. The number of rotatable bonds is 8. The SMILES string of the molecule is N#C/C(=C/c1cc(Br)c(OCc2ccc(Cl)cc2Cl)c(I)c1)C(=O)NCCc1c[nH]c2ccccc12. The van der Waals surface area contributed by atoms with Crippen LogP contribution in [0.2, 0.25) is 10.0 Å². The molecule has 0 saturated heterocycles. The Bertz CT molecular complexity index is 1490. The van der Waals surface area contributed by atoms with Gasteiger partial charge < -0.3 is 15.0 Å². The summed E-state index contributed by atoms with van der Waals surface area (Å²) in [6, 6.07) is 18.9. The Morgan fingerprint density at radius 2 is 1.97 bits per heavy atom. The molecular formula is C27H19BrCl2IN3O2. The molecule has 182 valence electrons. The van der Waals surface area contributed by atoms with Crippen molar-refractivity contribution in [3.05, 3.63) is 101 Å². The van der Waals surface area contributed by atoms with Gasteiger partial charge in [-0.15, -0.1) is 0 Å². The number of nitriles is 1. The number of carbonyl (C=O) groups excluding carboxylic acids is 1. The minimum atomic E-state index is -0.416. The maximum Gasteiger partial charge on any atom is 0.261 e. The molecule has 0 aliphatic heterocycles. The minimum Gasteiger partial charge on any atom is -0.487 e. The first-order valence-electron chi connectivity index (χ1n) is 10.9. The molecule has 0 aliphatic carbocycles. The summed E-state index contributed by atoms with van der Waals surface area (Å²) in [4.78, 5) is 15.9. The van der Waals surface area contributed by atoms with Crippen molar-refractivity contribution in [1.29, 1.82) is 5.26 Å². The lowest BCUT2D eigenvalue weighted by molar-refractivity contribution is -0.117.